The second-order valence-electron chi connectivity index (χ2n) is 7.15. The van der Waals surface area contributed by atoms with E-state index in [0.717, 1.165) is 17.8 Å². The van der Waals surface area contributed by atoms with Crippen LogP contribution in [-0.2, 0) is 0 Å². The van der Waals surface area contributed by atoms with Crippen LogP contribution in [0, 0.1) is 19.3 Å². The van der Waals surface area contributed by atoms with Gasteiger partial charge in [0.2, 0.25) is 5.95 Å². The summed E-state index contributed by atoms with van der Waals surface area (Å²) in [6, 6.07) is 1.47. The lowest BCUT2D eigenvalue weighted by Gasteiger charge is -2.28. The zero-order chi connectivity index (χ0) is 17.9. The van der Waals surface area contributed by atoms with Crippen LogP contribution < -0.4 is 10.9 Å². The number of aryl methyl sites for hydroxylation is 2. The van der Waals surface area contributed by atoms with Gasteiger partial charge < -0.3 is 10.2 Å². The van der Waals surface area contributed by atoms with Crippen LogP contribution in [-0.4, -0.2) is 52.0 Å². The second-order valence-corrected chi connectivity index (χ2v) is 7.15. The van der Waals surface area contributed by atoms with Crippen LogP contribution in [0.2, 0.25) is 0 Å². The Morgan fingerprint density at radius 2 is 1.96 bits per heavy atom. The number of nitrogens with zero attached hydrogens (tertiary/aromatic N) is 4. The summed E-state index contributed by atoms with van der Waals surface area (Å²) in [7, 11) is 4.09. The normalized spacial score (nSPS) is 11.8. The molecule has 0 saturated heterocycles. The minimum absolute atomic E-state index is 0.0426. The zero-order valence-electron chi connectivity index (χ0n) is 15.3. The molecule has 24 heavy (non-hydrogen) atoms. The van der Waals surface area contributed by atoms with E-state index in [9.17, 15) is 4.79 Å². The molecule has 0 aliphatic heterocycles. The third kappa shape index (κ3) is 4.86. The quantitative estimate of drug-likeness (QED) is 0.840. The summed E-state index contributed by atoms with van der Waals surface area (Å²) >= 11 is 0. The van der Waals surface area contributed by atoms with E-state index in [-0.39, 0.29) is 11.0 Å². The van der Waals surface area contributed by atoms with E-state index in [0.29, 0.717) is 24.0 Å². The van der Waals surface area contributed by atoms with E-state index in [2.05, 4.69) is 44.0 Å². The first-order valence-electron chi connectivity index (χ1n) is 7.97. The van der Waals surface area contributed by atoms with Crippen molar-refractivity contribution in [2.75, 3.05) is 32.5 Å². The van der Waals surface area contributed by atoms with Gasteiger partial charge in [-0.25, -0.2) is 15.0 Å². The van der Waals surface area contributed by atoms with Crippen LogP contribution in [0.25, 0.3) is 11.3 Å². The Balaban J connectivity index is 2.24. The van der Waals surface area contributed by atoms with E-state index in [1.54, 1.807) is 6.20 Å². The van der Waals surface area contributed by atoms with Gasteiger partial charge in [0.1, 0.15) is 5.82 Å². The van der Waals surface area contributed by atoms with Crippen molar-refractivity contribution in [3.05, 3.63) is 34.1 Å². The molecule has 0 amide bonds. The average molecular weight is 330 g/mol. The van der Waals surface area contributed by atoms with Gasteiger partial charge in [0.25, 0.3) is 5.56 Å². The van der Waals surface area contributed by atoms with Crippen molar-refractivity contribution in [3.8, 4) is 11.3 Å². The third-order valence-electron chi connectivity index (χ3n) is 3.60. The molecule has 0 spiro atoms. The highest BCUT2D eigenvalue weighted by atomic mass is 16.1. The van der Waals surface area contributed by atoms with Gasteiger partial charge in [-0.3, -0.25) is 9.78 Å². The molecular weight excluding hydrogens is 304 g/mol. The fourth-order valence-corrected chi connectivity index (χ4v) is 2.75. The lowest BCUT2D eigenvalue weighted by atomic mass is 9.93. The Bertz CT molecular complexity index is 766. The van der Waals surface area contributed by atoms with Gasteiger partial charge in [-0.2, -0.15) is 0 Å². The van der Waals surface area contributed by atoms with Crippen LogP contribution in [0.5, 0.6) is 0 Å². The maximum Gasteiger partial charge on any atom is 0.252 e. The standard InChI is InChI=1S/C17H26N6O/c1-11-13(8-18-12(2)20-11)14-7-15(24)22-16(21-14)19-9-17(3,4)10-23(5)6/h7-8H,9-10H2,1-6H3,(H2,19,21,22,24). The maximum absolute atomic E-state index is 12.0. The number of H-pyrrole nitrogens is 1. The van der Waals surface area contributed by atoms with Crippen LogP contribution in [0.15, 0.2) is 17.1 Å². The van der Waals surface area contributed by atoms with Crippen LogP contribution in [0.4, 0.5) is 5.95 Å². The molecule has 0 bridgehead atoms. The topological polar surface area (TPSA) is 86.8 Å². The summed E-state index contributed by atoms with van der Waals surface area (Å²) in [5.74, 6) is 1.16. The molecule has 2 aromatic heterocycles. The summed E-state index contributed by atoms with van der Waals surface area (Å²) in [5, 5.41) is 3.24. The molecule has 0 radical (unpaired) electrons. The Kier molecular flexibility index (Phi) is 5.33. The molecule has 0 unspecified atom stereocenters. The Hall–Kier alpha value is -2.28. The molecule has 0 atom stereocenters. The minimum atomic E-state index is -0.201. The first kappa shape index (κ1) is 18.1. The molecule has 130 valence electrons. The molecule has 2 heterocycles. The van der Waals surface area contributed by atoms with Crippen LogP contribution >= 0.6 is 0 Å². The molecule has 0 aliphatic carbocycles. The van der Waals surface area contributed by atoms with Crippen molar-refractivity contribution in [1.82, 2.24) is 24.8 Å². The largest absolute Gasteiger partial charge is 0.355 e. The number of aromatic nitrogens is 4. The van der Waals surface area contributed by atoms with Gasteiger partial charge in [0.15, 0.2) is 0 Å². The molecule has 2 aromatic rings. The Morgan fingerprint density at radius 1 is 1.25 bits per heavy atom. The van der Waals surface area contributed by atoms with Gasteiger partial charge in [-0.15, -0.1) is 0 Å². The predicted molar refractivity (Wildman–Crippen MR) is 96.2 cm³/mol. The number of anilines is 1. The molecule has 2 N–H and O–H groups in total. The Morgan fingerprint density at radius 3 is 2.58 bits per heavy atom. The first-order valence-corrected chi connectivity index (χ1v) is 7.97. The van der Waals surface area contributed by atoms with E-state index in [4.69, 9.17) is 0 Å². The third-order valence-corrected chi connectivity index (χ3v) is 3.60. The number of nitrogens with one attached hydrogen (secondary N) is 2. The van der Waals surface area contributed by atoms with Gasteiger partial charge in [-0.1, -0.05) is 13.8 Å². The van der Waals surface area contributed by atoms with E-state index in [1.807, 2.05) is 27.9 Å². The van der Waals surface area contributed by atoms with E-state index >= 15 is 0 Å². The highest BCUT2D eigenvalue weighted by Crippen LogP contribution is 2.20. The average Bonchev–Trinajstić information content (AvgIpc) is 2.43. The van der Waals surface area contributed by atoms with Crippen LogP contribution in [0.3, 0.4) is 0 Å². The summed E-state index contributed by atoms with van der Waals surface area (Å²) < 4.78 is 0. The van der Waals surface area contributed by atoms with Gasteiger partial charge in [0.05, 0.1) is 11.4 Å². The Labute approximate surface area is 142 Å². The molecule has 0 saturated carbocycles. The second kappa shape index (κ2) is 7.09. The molecule has 2 rings (SSSR count). The predicted octanol–water partition coefficient (Wildman–Crippen LogP) is 1.84. The summed E-state index contributed by atoms with van der Waals surface area (Å²) in [4.78, 5) is 29.9. The minimum Gasteiger partial charge on any atom is -0.355 e. The van der Waals surface area contributed by atoms with Crippen molar-refractivity contribution < 1.29 is 0 Å². The number of rotatable bonds is 6. The van der Waals surface area contributed by atoms with E-state index < -0.39 is 0 Å². The highest BCUT2D eigenvalue weighted by molar-refractivity contribution is 5.61. The van der Waals surface area contributed by atoms with Crippen LogP contribution in [0.1, 0.15) is 25.4 Å². The molecular formula is C17H26N6O. The molecule has 0 fully saturated rings. The SMILES string of the molecule is Cc1ncc(-c2cc(=O)[nH]c(NCC(C)(C)CN(C)C)n2)c(C)n1. The molecule has 0 aromatic carbocycles. The summed E-state index contributed by atoms with van der Waals surface area (Å²) in [5.41, 5.74) is 1.99. The van der Waals surface area contributed by atoms with Crippen molar-refractivity contribution in [3.63, 3.8) is 0 Å². The smallest absolute Gasteiger partial charge is 0.252 e. The highest BCUT2D eigenvalue weighted by Gasteiger charge is 2.19. The van der Waals surface area contributed by atoms with Crippen molar-refractivity contribution in [2.24, 2.45) is 5.41 Å². The molecule has 7 heteroatoms. The monoisotopic (exact) mass is 330 g/mol. The van der Waals surface area contributed by atoms with Gasteiger partial charge in [-0.05, 0) is 33.4 Å². The fourth-order valence-electron chi connectivity index (χ4n) is 2.75. The molecule has 7 nitrogen and oxygen atoms in total. The number of aromatic amines is 1. The maximum atomic E-state index is 12.0. The zero-order valence-corrected chi connectivity index (χ0v) is 15.3. The van der Waals surface area contributed by atoms with Gasteiger partial charge >= 0.3 is 0 Å². The van der Waals surface area contributed by atoms with E-state index in [1.165, 1.54) is 6.07 Å². The molecule has 0 aliphatic rings. The number of hydrogen-bond acceptors (Lipinski definition) is 6. The summed E-state index contributed by atoms with van der Waals surface area (Å²) in [6.07, 6.45) is 1.71. The van der Waals surface area contributed by atoms with Gasteiger partial charge in [0, 0.05) is 30.9 Å². The fraction of sp³-hybridized carbons (Fsp3) is 0.529. The lowest BCUT2D eigenvalue weighted by Crippen LogP contribution is -2.35. The lowest BCUT2D eigenvalue weighted by molar-refractivity contribution is 0.254. The number of hydrogen-bond donors (Lipinski definition) is 2. The summed E-state index contributed by atoms with van der Waals surface area (Å²) in [6.45, 7) is 9.68. The van der Waals surface area contributed by atoms with Crippen molar-refractivity contribution in [1.29, 1.82) is 0 Å². The van der Waals surface area contributed by atoms with Crippen molar-refractivity contribution >= 4 is 5.95 Å². The first-order chi connectivity index (χ1) is 11.2. The van der Waals surface area contributed by atoms with Crippen molar-refractivity contribution in [2.45, 2.75) is 27.7 Å².